The Hall–Kier alpha value is -0.650. The Labute approximate surface area is 107 Å². The van der Waals surface area contributed by atoms with E-state index in [1.54, 1.807) is 16.0 Å². The number of hydrogen-bond acceptors (Lipinski definition) is 3. The molecular formula is C11H13BrN2OS. The fraction of sp³-hybridized carbons (Fsp3) is 0.364. The van der Waals surface area contributed by atoms with Gasteiger partial charge >= 0.3 is 0 Å². The summed E-state index contributed by atoms with van der Waals surface area (Å²) < 4.78 is 2.70. The fourth-order valence-corrected chi connectivity index (χ4v) is 3.29. The number of halogens is 1. The van der Waals surface area contributed by atoms with Gasteiger partial charge in [0.15, 0.2) is 0 Å². The van der Waals surface area contributed by atoms with Gasteiger partial charge in [-0.15, -0.1) is 11.3 Å². The lowest BCUT2D eigenvalue weighted by Crippen LogP contribution is -2.00. The van der Waals surface area contributed by atoms with Gasteiger partial charge in [-0.3, -0.25) is 4.68 Å². The SMILES string of the molecule is CCc1nn(C)cc1C(O)c1sccc1Br. The average molecular weight is 301 g/mol. The summed E-state index contributed by atoms with van der Waals surface area (Å²) in [6, 6.07) is 1.95. The number of aliphatic hydroxyl groups is 1. The van der Waals surface area contributed by atoms with Crippen LogP contribution in [-0.4, -0.2) is 14.9 Å². The maximum Gasteiger partial charge on any atom is 0.118 e. The number of aryl methyl sites for hydroxylation is 2. The largest absolute Gasteiger partial charge is 0.383 e. The number of thiophene rings is 1. The molecule has 1 N–H and O–H groups in total. The Bertz CT molecular complexity index is 492. The van der Waals surface area contributed by atoms with Crippen LogP contribution >= 0.6 is 27.3 Å². The highest BCUT2D eigenvalue weighted by molar-refractivity contribution is 9.10. The van der Waals surface area contributed by atoms with Gasteiger partial charge in [0.1, 0.15) is 6.10 Å². The molecule has 0 radical (unpaired) electrons. The Morgan fingerprint density at radius 2 is 2.38 bits per heavy atom. The van der Waals surface area contributed by atoms with Gasteiger partial charge in [0.2, 0.25) is 0 Å². The molecule has 1 atom stereocenters. The molecule has 5 heteroatoms. The summed E-state index contributed by atoms with van der Waals surface area (Å²) in [5.74, 6) is 0. The van der Waals surface area contributed by atoms with E-state index in [-0.39, 0.29) is 0 Å². The number of nitrogens with zero attached hydrogens (tertiary/aromatic N) is 2. The highest BCUT2D eigenvalue weighted by atomic mass is 79.9. The second-order valence-corrected chi connectivity index (χ2v) is 5.40. The number of aliphatic hydroxyl groups excluding tert-OH is 1. The topological polar surface area (TPSA) is 38.0 Å². The molecule has 3 nitrogen and oxygen atoms in total. The van der Waals surface area contributed by atoms with Crippen molar-refractivity contribution in [2.75, 3.05) is 0 Å². The van der Waals surface area contributed by atoms with Crippen molar-refractivity contribution in [1.29, 1.82) is 0 Å². The minimum Gasteiger partial charge on any atom is -0.383 e. The van der Waals surface area contributed by atoms with Crippen molar-refractivity contribution < 1.29 is 5.11 Å². The molecule has 0 saturated heterocycles. The molecule has 0 aliphatic carbocycles. The first-order chi connectivity index (χ1) is 7.63. The average Bonchev–Trinajstić information content (AvgIpc) is 2.83. The van der Waals surface area contributed by atoms with Crippen LogP contribution in [0.25, 0.3) is 0 Å². The predicted molar refractivity (Wildman–Crippen MR) is 68.7 cm³/mol. The van der Waals surface area contributed by atoms with Crippen molar-refractivity contribution >= 4 is 27.3 Å². The lowest BCUT2D eigenvalue weighted by Gasteiger charge is -2.08. The van der Waals surface area contributed by atoms with Crippen molar-refractivity contribution in [3.63, 3.8) is 0 Å². The minimum absolute atomic E-state index is 0.585. The molecule has 0 aliphatic heterocycles. The quantitative estimate of drug-likeness (QED) is 0.946. The molecular weight excluding hydrogens is 288 g/mol. The van der Waals surface area contributed by atoms with Gasteiger partial charge in [-0.2, -0.15) is 5.10 Å². The van der Waals surface area contributed by atoms with E-state index in [2.05, 4.69) is 21.0 Å². The molecule has 0 spiro atoms. The molecule has 0 bridgehead atoms. The van der Waals surface area contributed by atoms with Crippen LogP contribution < -0.4 is 0 Å². The number of rotatable bonds is 3. The fourth-order valence-electron chi connectivity index (χ4n) is 1.70. The lowest BCUT2D eigenvalue weighted by molar-refractivity contribution is 0.222. The highest BCUT2D eigenvalue weighted by Gasteiger charge is 2.20. The van der Waals surface area contributed by atoms with Crippen LogP contribution in [0.5, 0.6) is 0 Å². The molecule has 16 heavy (non-hydrogen) atoms. The van der Waals surface area contributed by atoms with Crippen LogP contribution in [0.2, 0.25) is 0 Å². The van der Waals surface area contributed by atoms with E-state index in [0.717, 1.165) is 27.0 Å². The molecule has 2 aromatic rings. The van der Waals surface area contributed by atoms with Gasteiger partial charge in [0.25, 0.3) is 0 Å². The molecule has 2 rings (SSSR count). The van der Waals surface area contributed by atoms with Crippen molar-refractivity contribution in [2.45, 2.75) is 19.4 Å². The second kappa shape index (κ2) is 4.69. The van der Waals surface area contributed by atoms with Crippen LogP contribution in [0.4, 0.5) is 0 Å². The second-order valence-electron chi connectivity index (χ2n) is 3.59. The summed E-state index contributed by atoms with van der Waals surface area (Å²) >= 11 is 4.99. The molecule has 2 heterocycles. The van der Waals surface area contributed by atoms with Gasteiger partial charge in [-0.1, -0.05) is 6.92 Å². The van der Waals surface area contributed by atoms with E-state index in [0.29, 0.717) is 0 Å². The number of aromatic nitrogens is 2. The van der Waals surface area contributed by atoms with Crippen LogP contribution in [0.15, 0.2) is 22.1 Å². The van der Waals surface area contributed by atoms with Crippen molar-refractivity contribution in [3.8, 4) is 0 Å². The first-order valence-electron chi connectivity index (χ1n) is 5.06. The molecule has 86 valence electrons. The predicted octanol–water partition coefficient (Wildman–Crippen LogP) is 2.89. The van der Waals surface area contributed by atoms with Crippen LogP contribution in [0.1, 0.15) is 29.2 Å². The molecule has 1 unspecified atom stereocenters. The number of hydrogen-bond donors (Lipinski definition) is 1. The van der Waals surface area contributed by atoms with Gasteiger partial charge in [-0.05, 0) is 33.8 Å². The smallest absolute Gasteiger partial charge is 0.118 e. The molecule has 0 aliphatic rings. The summed E-state index contributed by atoms with van der Waals surface area (Å²) in [6.45, 7) is 2.04. The maximum absolute atomic E-state index is 10.3. The van der Waals surface area contributed by atoms with Gasteiger partial charge in [-0.25, -0.2) is 0 Å². The van der Waals surface area contributed by atoms with Crippen LogP contribution in [0, 0.1) is 0 Å². The highest BCUT2D eigenvalue weighted by Crippen LogP contribution is 2.34. The third kappa shape index (κ3) is 2.07. The maximum atomic E-state index is 10.3. The molecule has 0 amide bonds. The van der Waals surface area contributed by atoms with Crippen LogP contribution in [0.3, 0.4) is 0 Å². The van der Waals surface area contributed by atoms with E-state index >= 15 is 0 Å². The zero-order valence-corrected chi connectivity index (χ0v) is 11.5. The Balaban J connectivity index is 2.40. The summed E-state index contributed by atoms with van der Waals surface area (Å²) in [6.07, 6.45) is 2.13. The molecule has 2 aromatic heterocycles. The van der Waals surface area contributed by atoms with Gasteiger partial charge in [0.05, 0.1) is 10.6 Å². The third-order valence-corrected chi connectivity index (χ3v) is 4.38. The third-order valence-electron chi connectivity index (χ3n) is 2.46. The van der Waals surface area contributed by atoms with E-state index in [1.807, 2.05) is 31.6 Å². The Morgan fingerprint density at radius 3 is 2.94 bits per heavy atom. The van der Waals surface area contributed by atoms with E-state index in [1.165, 1.54) is 0 Å². The van der Waals surface area contributed by atoms with Gasteiger partial charge < -0.3 is 5.11 Å². The zero-order valence-electron chi connectivity index (χ0n) is 9.14. The summed E-state index contributed by atoms with van der Waals surface area (Å²) in [5, 5.41) is 16.6. The minimum atomic E-state index is -0.585. The molecule has 0 saturated carbocycles. The summed E-state index contributed by atoms with van der Waals surface area (Å²) in [5.41, 5.74) is 1.85. The first-order valence-corrected chi connectivity index (χ1v) is 6.74. The summed E-state index contributed by atoms with van der Waals surface area (Å²) in [4.78, 5) is 0.933. The molecule has 0 fully saturated rings. The van der Waals surface area contributed by atoms with E-state index in [9.17, 15) is 5.11 Å². The Morgan fingerprint density at radius 1 is 1.62 bits per heavy atom. The molecule has 0 aromatic carbocycles. The van der Waals surface area contributed by atoms with E-state index < -0.39 is 6.10 Å². The van der Waals surface area contributed by atoms with Crippen molar-refractivity contribution in [3.05, 3.63) is 38.3 Å². The van der Waals surface area contributed by atoms with Crippen LogP contribution in [-0.2, 0) is 13.5 Å². The van der Waals surface area contributed by atoms with E-state index in [4.69, 9.17) is 0 Å². The first kappa shape index (κ1) is 11.8. The van der Waals surface area contributed by atoms with Crippen molar-refractivity contribution in [1.82, 2.24) is 9.78 Å². The standard InChI is InChI=1S/C11H13BrN2OS/c1-3-9-7(6-14(2)13-9)10(15)11-8(12)4-5-16-11/h4-6,10,15H,3H2,1-2H3. The monoisotopic (exact) mass is 300 g/mol. The lowest BCUT2D eigenvalue weighted by atomic mass is 10.1. The normalized spacial score (nSPS) is 13.0. The summed E-state index contributed by atoms with van der Waals surface area (Å²) in [7, 11) is 1.87. The zero-order chi connectivity index (χ0) is 11.7. The van der Waals surface area contributed by atoms with Gasteiger partial charge in [0, 0.05) is 23.3 Å². The Kier molecular flexibility index (Phi) is 3.47. The van der Waals surface area contributed by atoms with Crippen molar-refractivity contribution in [2.24, 2.45) is 7.05 Å².